The minimum absolute atomic E-state index is 0.0401. The molecule has 1 aromatic heterocycles. The molecule has 6 heteroatoms. The van der Waals surface area contributed by atoms with Gasteiger partial charge in [0.2, 0.25) is 5.91 Å². The van der Waals surface area contributed by atoms with Crippen molar-refractivity contribution in [1.82, 2.24) is 14.9 Å². The average Bonchev–Trinajstić information content (AvgIpc) is 3.21. The van der Waals surface area contributed by atoms with Gasteiger partial charge in [-0.25, -0.2) is 4.98 Å². The van der Waals surface area contributed by atoms with Gasteiger partial charge >= 0.3 is 0 Å². The molecule has 1 N–H and O–H groups in total. The van der Waals surface area contributed by atoms with Crippen LogP contribution in [0.25, 0.3) is 0 Å². The van der Waals surface area contributed by atoms with Gasteiger partial charge in [-0.15, -0.1) is 12.3 Å². The van der Waals surface area contributed by atoms with E-state index in [9.17, 15) is 4.79 Å². The Labute approximate surface area is 130 Å². The van der Waals surface area contributed by atoms with Crippen LogP contribution >= 0.6 is 0 Å². The molecule has 116 valence electrons. The molecule has 1 amide bonds. The van der Waals surface area contributed by atoms with E-state index in [1.54, 1.807) is 0 Å². The molecule has 6 nitrogen and oxygen atoms in total. The van der Waals surface area contributed by atoms with E-state index >= 15 is 0 Å². The van der Waals surface area contributed by atoms with Gasteiger partial charge in [-0.3, -0.25) is 4.79 Å². The maximum Gasteiger partial charge on any atom is 0.223 e. The van der Waals surface area contributed by atoms with E-state index in [-0.39, 0.29) is 17.5 Å². The van der Waals surface area contributed by atoms with E-state index in [0.29, 0.717) is 13.0 Å². The summed E-state index contributed by atoms with van der Waals surface area (Å²) in [5, 5.41) is 11.2. The Morgan fingerprint density at radius 3 is 3.09 bits per heavy atom. The molecule has 0 saturated heterocycles. The highest BCUT2D eigenvalue weighted by molar-refractivity contribution is 5.79. The molecule has 2 aliphatic rings. The van der Waals surface area contributed by atoms with Crippen LogP contribution in [0.2, 0.25) is 0 Å². The second-order valence-corrected chi connectivity index (χ2v) is 6.07. The van der Waals surface area contributed by atoms with Gasteiger partial charge in [-0.1, -0.05) is 0 Å². The summed E-state index contributed by atoms with van der Waals surface area (Å²) in [4.78, 5) is 16.6. The van der Waals surface area contributed by atoms with Gasteiger partial charge in [0.05, 0.1) is 0 Å². The van der Waals surface area contributed by atoms with Crippen LogP contribution in [0.5, 0.6) is 0 Å². The Balaban J connectivity index is 1.45. The number of aromatic nitrogens is 2. The van der Waals surface area contributed by atoms with Crippen molar-refractivity contribution < 1.29 is 4.79 Å². The largest absolute Gasteiger partial charge is 0.356 e. The molecular formula is C16H21N5O. The first-order chi connectivity index (χ1) is 10.6. The third-order valence-corrected chi connectivity index (χ3v) is 4.54. The number of nitrogens with one attached hydrogen (secondary N) is 1. The number of aryl methyl sites for hydroxylation is 1. The number of hydrogen-bond acceptors (Lipinski definition) is 4. The maximum absolute atomic E-state index is 12.3. The van der Waals surface area contributed by atoms with Crippen LogP contribution in [0.4, 0.5) is 0 Å². The molecule has 1 aromatic rings. The van der Waals surface area contributed by atoms with E-state index in [1.807, 2.05) is 13.1 Å². The normalized spacial score (nSPS) is 21.0. The minimum Gasteiger partial charge on any atom is -0.356 e. The molecule has 0 aliphatic carbocycles. The second kappa shape index (κ2) is 5.91. The van der Waals surface area contributed by atoms with Gasteiger partial charge in [0.15, 0.2) is 5.66 Å². The third-order valence-electron chi connectivity index (χ3n) is 4.54. The van der Waals surface area contributed by atoms with Crippen molar-refractivity contribution in [3.8, 4) is 12.3 Å². The van der Waals surface area contributed by atoms with Crippen molar-refractivity contribution in [3.05, 3.63) is 17.7 Å². The molecule has 1 atom stereocenters. The fraction of sp³-hybridized carbons (Fsp3) is 0.625. The zero-order valence-corrected chi connectivity index (χ0v) is 12.9. The smallest absolute Gasteiger partial charge is 0.223 e. The lowest BCUT2D eigenvalue weighted by Crippen LogP contribution is -2.37. The standard InChI is InChI=1S/C16H21N5O/c1-3-4-6-16(19-20-16)7-8-17-15(22)13-5-9-21-12(2)18-11-14(21)10-13/h1,11,13H,4-10H2,2H3,(H,17,22). The summed E-state index contributed by atoms with van der Waals surface area (Å²) in [7, 11) is 0. The molecule has 0 bridgehead atoms. The van der Waals surface area contributed by atoms with Gasteiger partial charge in [-0.2, -0.15) is 10.2 Å². The van der Waals surface area contributed by atoms with Crippen molar-refractivity contribution in [2.45, 2.75) is 51.2 Å². The van der Waals surface area contributed by atoms with Crippen LogP contribution in [0.1, 0.15) is 37.2 Å². The number of rotatable bonds is 6. The van der Waals surface area contributed by atoms with Crippen molar-refractivity contribution in [3.63, 3.8) is 0 Å². The molecule has 2 aliphatic heterocycles. The third kappa shape index (κ3) is 3.03. The van der Waals surface area contributed by atoms with Crippen molar-refractivity contribution >= 4 is 5.91 Å². The first-order valence-corrected chi connectivity index (χ1v) is 7.80. The molecule has 0 spiro atoms. The molecule has 0 saturated carbocycles. The Morgan fingerprint density at radius 2 is 2.36 bits per heavy atom. The number of carbonyl (C=O) groups excluding carboxylic acids is 1. The van der Waals surface area contributed by atoms with E-state index < -0.39 is 0 Å². The van der Waals surface area contributed by atoms with Crippen molar-refractivity contribution in [2.75, 3.05) is 6.54 Å². The predicted octanol–water partition coefficient (Wildman–Crippen LogP) is 1.84. The fourth-order valence-electron chi connectivity index (χ4n) is 3.04. The van der Waals surface area contributed by atoms with Crippen LogP contribution < -0.4 is 5.32 Å². The van der Waals surface area contributed by atoms with Crippen molar-refractivity contribution in [2.24, 2.45) is 16.1 Å². The summed E-state index contributed by atoms with van der Waals surface area (Å²) in [6.07, 6.45) is 11.0. The van der Waals surface area contributed by atoms with Gasteiger partial charge in [0.25, 0.3) is 0 Å². The Bertz CT molecular complexity index is 633. The van der Waals surface area contributed by atoms with Gasteiger partial charge in [0, 0.05) is 56.6 Å². The molecule has 3 rings (SSSR count). The lowest BCUT2D eigenvalue weighted by atomic mass is 9.95. The lowest BCUT2D eigenvalue weighted by molar-refractivity contribution is -0.125. The summed E-state index contributed by atoms with van der Waals surface area (Å²) in [5.74, 6) is 3.80. The maximum atomic E-state index is 12.3. The number of terminal acetylenes is 1. The van der Waals surface area contributed by atoms with Crippen LogP contribution in [0.15, 0.2) is 16.4 Å². The summed E-state index contributed by atoms with van der Waals surface area (Å²) in [6, 6.07) is 0. The molecule has 0 radical (unpaired) electrons. The summed E-state index contributed by atoms with van der Waals surface area (Å²) >= 11 is 0. The number of amides is 1. The Kier molecular flexibility index (Phi) is 3.97. The van der Waals surface area contributed by atoms with Crippen LogP contribution in [0, 0.1) is 25.2 Å². The molecule has 22 heavy (non-hydrogen) atoms. The van der Waals surface area contributed by atoms with E-state index in [4.69, 9.17) is 6.42 Å². The highest BCUT2D eigenvalue weighted by atomic mass is 16.1. The molecule has 0 fully saturated rings. The number of carbonyl (C=O) groups is 1. The van der Waals surface area contributed by atoms with Gasteiger partial charge in [0.1, 0.15) is 5.82 Å². The molecule has 3 heterocycles. The van der Waals surface area contributed by atoms with E-state index in [0.717, 1.165) is 43.7 Å². The Morgan fingerprint density at radius 1 is 1.55 bits per heavy atom. The zero-order valence-electron chi connectivity index (χ0n) is 12.9. The summed E-state index contributed by atoms with van der Waals surface area (Å²) in [5.41, 5.74) is 0.837. The highest BCUT2D eigenvalue weighted by Gasteiger charge is 2.38. The number of imidazole rings is 1. The first-order valence-electron chi connectivity index (χ1n) is 7.80. The van der Waals surface area contributed by atoms with E-state index in [1.165, 1.54) is 0 Å². The molecule has 0 aromatic carbocycles. The number of fused-ring (bicyclic) bond motifs is 1. The SMILES string of the molecule is C#CCCC1(CCNC(=O)C2CCn3c(cnc3C)C2)N=N1. The van der Waals surface area contributed by atoms with Gasteiger partial charge in [-0.05, 0) is 13.3 Å². The fourth-order valence-corrected chi connectivity index (χ4v) is 3.04. The predicted molar refractivity (Wildman–Crippen MR) is 82.1 cm³/mol. The summed E-state index contributed by atoms with van der Waals surface area (Å²) < 4.78 is 2.19. The van der Waals surface area contributed by atoms with Crippen LogP contribution in [-0.4, -0.2) is 27.7 Å². The average molecular weight is 299 g/mol. The van der Waals surface area contributed by atoms with E-state index in [2.05, 4.69) is 31.0 Å². The molecular weight excluding hydrogens is 278 g/mol. The molecule has 1 unspecified atom stereocenters. The number of nitrogens with zero attached hydrogens (tertiary/aromatic N) is 4. The van der Waals surface area contributed by atoms with Gasteiger partial charge < -0.3 is 9.88 Å². The highest BCUT2D eigenvalue weighted by Crippen LogP contribution is 2.36. The summed E-state index contributed by atoms with van der Waals surface area (Å²) in [6.45, 7) is 3.48. The topological polar surface area (TPSA) is 71.6 Å². The zero-order chi connectivity index (χ0) is 15.6. The van der Waals surface area contributed by atoms with Crippen LogP contribution in [0.3, 0.4) is 0 Å². The first kappa shape index (κ1) is 14.8. The quantitative estimate of drug-likeness (QED) is 0.814. The lowest BCUT2D eigenvalue weighted by Gasteiger charge is -2.24. The Hall–Kier alpha value is -2.16. The monoisotopic (exact) mass is 299 g/mol. The van der Waals surface area contributed by atoms with Crippen LogP contribution in [-0.2, 0) is 17.8 Å². The minimum atomic E-state index is -0.318. The second-order valence-electron chi connectivity index (χ2n) is 6.07. The number of hydrogen-bond donors (Lipinski definition) is 1. The van der Waals surface area contributed by atoms with Crippen molar-refractivity contribution in [1.29, 1.82) is 0 Å².